The molecular formula is C20H14F3N3O3. The molecule has 0 radical (unpaired) electrons. The van der Waals surface area contributed by atoms with E-state index in [1.807, 2.05) is 0 Å². The van der Waals surface area contributed by atoms with Crippen molar-refractivity contribution in [1.29, 1.82) is 0 Å². The third kappa shape index (κ3) is 4.64. The van der Waals surface area contributed by atoms with E-state index in [1.54, 1.807) is 12.1 Å². The van der Waals surface area contributed by atoms with E-state index in [1.165, 1.54) is 36.4 Å². The molecule has 0 heterocycles. The minimum absolute atomic E-state index is 0.205. The van der Waals surface area contributed by atoms with E-state index in [4.69, 9.17) is 10.5 Å². The van der Waals surface area contributed by atoms with Crippen LogP contribution in [0.4, 0.5) is 18.9 Å². The molecule has 0 atom stereocenters. The highest BCUT2D eigenvalue weighted by Crippen LogP contribution is 2.22. The molecule has 0 bridgehead atoms. The molecule has 6 nitrogen and oxygen atoms in total. The summed E-state index contributed by atoms with van der Waals surface area (Å²) in [5.41, 5.74) is 9.68. The summed E-state index contributed by atoms with van der Waals surface area (Å²) in [5, 5.41) is 0. The molecule has 3 aromatic rings. The number of rotatable bonds is 6. The van der Waals surface area contributed by atoms with Crippen molar-refractivity contribution < 1.29 is 27.5 Å². The Labute approximate surface area is 163 Å². The molecule has 4 N–H and O–H groups in total. The highest BCUT2D eigenvalue weighted by Gasteiger charge is 2.14. The fourth-order valence-electron chi connectivity index (χ4n) is 2.32. The van der Waals surface area contributed by atoms with E-state index in [0.29, 0.717) is 17.1 Å². The Bertz CT molecular complexity index is 1060. The summed E-state index contributed by atoms with van der Waals surface area (Å²) >= 11 is 0. The molecule has 3 aromatic carbocycles. The number of halogens is 3. The lowest BCUT2D eigenvalue weighted by atomic mass is 10.2. The first-order chi connectivity index (χ1) is 13.8. The first-order valence-electron chi connectivity index (χ1n) is 8.23. The lowest BCUT2D eigenvalue weighted by Crippen LogP contribution is -2.30. The van der Waals surface area contributed by atoms with Gasteiger partial charge >= 0.3 is 0 Å². The highest BCUT2D eigenvalue weighted by molar-refractivity contribution is 5.95. The normalized spacial score (nSPS) is 10.3. The number of nitrogens with one attached hydrogen (secondary N) is 2. The van der Waals surface area contributed by atoms with Crippen molar-refractivity contribution in [3.63, 3.8) is 0 Å². The van der Waals surface area contributed by atoms with Crippen molar-refractivity contribution in [2.75, 3.05) is 5.43 Å². The van der Waals surface area contributed by atoms with Crippen LogP contribution in [-0.4, -0.2) is 11.8 Å². The van der Waals surface area contributed by atoms with Gasteiger partial charge in [-0.3, -0.25) is 20.4 Å². The molecular weight excluding hydrogens is 387 g/mol. The molecule has 0 fully saturated rings. The molecule has 0 aliphatic heterocycles. The largest absolute Gasteiger partial charge is 0.457 e. The quantitative estimate of drug-likeness (QED) is 0.433. The summed E-state index contributed by atoms with van der Waals surface area (Å²) in [5.74, 6) is -4.73. The van der Waals surface area contributed by atoms with Gasteiger partial charge in [0.2, 0.25) is 5.91 Å². The van der Waals surface area contributed by atoms with E-state index in [-0.39, 0.29) is 5.56 Å². The maximum Gasteiger partial charge on any atom is 0.269 e. The number of nitrogens with two attached hydrogens (primary N) is 1. The molecule has 0 saturated heterocycles. The third-order valence-corrected chi connectivity index (χ3v) is 3.84. The van der Waals surface area contributed by atoms with Crippen LogP contribution >= 0.6 is 0 Å². The van der Waals surface area contributed by atoms with Crippen LogP contribution in [0.15, 0.2) is 60.7 Å². The smallest absolute Gasteiger partial charge is 0.269 e. The second kappa shape index (κ2) is 8.34. The first kappa shape index (κ1) is 19.7. The standard InChI is InChI=1S/C20H14F3N3O3/c21-15-9-10-16(18(23)17(15)22)25-26-20(28)12-3-7-14(8-4-12)29-13-5-1-11(2-6-13)19(24)27/h1-10,25H,(H2,24,27)(H,26,28). The van der Waals surface area contributed by atoms with Crippen LogP contribution in [0.2, 0.25) is 0 Å². The fourth-order valence-corrected chi connectivity index (χ4v) is 2.32. The Morgan fingerprint density at radius 3 is 1.86 bits per heavy atom. The van der Waals surface area contributed by atoms with Gasteiger partial charge in [-0.15, -0.1) is 0 Å². The molecule has 9 heteroatoms. The number of hydrogen-bond acceptors (Lipinski definition) is 4. The van der Waals surface area contributed by atoms with Gasteiger partial charge in [-0.05, 0) is 60.7 Å². The number of carbonyl (C=O) groups is 2. The van der Waals surface area contributed by atoms with Gasteiger partial charge in [-0.2, -0.15) is 0 Å². The minimum atomic E-state index is -1.64. The van der Waals surface area contributed by atoms with Crippen molar-refractivity contribution in [1.82, 2.24) is 5.43 Å². The number of amides is 2. The van der Waals surface area contributed by atoms with Crippen LogP contribution in [-0.2, 0) is 0 Å². The number of hydrogen-bond donors (Lipinski definition) is 3. The number of ether oxygens (including phenoxy) is 1. The number of benzene rings is 3. The molecule has 0 aliphatic rings. The Hall–Kier alpha value is -4.01. The Morgan fingerprint density at radius 1 is 0.759 bits per heavy atom. The minimum Gasteiger partial charge on any atom is -0.457 e. The summed E-state index contributed by atoms with van der Waals surface area (Å²) in [7, 11) is 0. The van der Waals surface area contributed by atoms with Gasteiger partial charge < -0.3 is 10.5 Å². The van der Waals surface area contributed by atoms with Gasteiger partial charge in [0.25, 0.3) is 5.91 Å². The number of anilines is 1. The predicted octanol–water partition coefficient (Wildman–Crippen LogP) is 3.75. The fraction of sp³-hybridized carbons (Fsp3) is 0. The number of primary amides is 1. The zero-order valence-corrected chi connectivity index (χ0v) is 14.7. The first-order valence-corrected chi connectivity index (χ1v) is 8.23. The second-order valence-electron chi connectivity index (χ2n) is 5.82. The molecule has 3 rings (SSSR count). The molecule has 148 valence electrons. The van der Waals surface area contributed by atoms with E-state index >= 15 is 0 Å². The third-order valence-electron chi connectivity index (χ3n) is 3.84. The zero-order valence-electron chi connectivity index (χ0n) is 14.7. The number of hydrazine groups is 1. The van der Waals surface area contributed by atoms with Gasteiger partial charge in [0.15, 0.2) is 17.5 Å². The summed E-state index contributed by atoms with van der Waals surface area (Å²) in [6.07, 6.45) is 0. The van der Waals surface area contributed by atoms with Crippen LogP contribution in [0.5, 0.6) is 11.5 Å². The highest BCUT2D eigenvalue weighted by atomic mass is 19.2. The molecule has 0 aliphatic carbocycles. The van der Waals surface area contributed by atoms with Crippen LogP contribution in [0.3, 0.4) is 0 Å². The molecule has 0 aromatic heterocycles. The Balaban J connectivity index is 1.61. The summed E-state index contributed by atoms with van der Waals surface area (Å²) < 4.78 is 45.3. The van der Waals surface area contributed by atoms with Crippen LogP contribution in [0.1, 0.15) is 20.7 Å². The van der Waals surface area contributed by atoms with Crippen molar-refractivity contribution in [3.05, 3.63) is 89.2 Å². The van der Waals surface area contributed by atoms with Gasteiger partial charge in [0.1, 0.15) is 11.5 Å². The van der Waals surface area contributed by atoms with Gasteiger partial charge in [0, 0.05) is 11.1 Å². The number of carbonyl (C=O) groups excluding carboxylic acids is 2. The predicted molar refractivity (Wildman–Crippen MR) is 98.9 cm³/mol. The van der Waals surface area contributed by atoms with Crippen LogP contribution < -0.4 is 21.3 Å². The molecule has 0 saturated carbocycles. The molecule has 29 heavy (non-hydrogen) atoms. The lowest BCUT2D eigenvalue weighted by Gasteiger charge is -2.11. The second-order valence-corrected chi connectivity index (χ2v) is 5.82. The zero-order chi connectivity index (χ0) is 21.0. The Morgan fingerprint density at radius 2 is 1.31 bits per heavy atom. The van der Waals surface area contributed by atoms with Crippen molar-refractivity contribution in [2.45, 2.75) is 0 Å². The van der Waals surface area contributed by atoms with Crippen molar-refractivity contribution in [3.8, 4) is 11.5 Å². The lowest BCUT2D eigenvalue weighted by molar-refractivity contribution is 0.0961. The van der Waals surface area contributed by atoms with E-state index in [9.17, 15) is 22.8 Å². The molecule has 2 amide bonds. The maximum absolute atomic E-state index is 13.6. The summed E-state index contributed by atoms with van der Waals surface area (Å²) in [6, 6.07) is 13.8. The average molecular weight is 401 g/mol. The Kier molecular flexibility index (Phi) is 5.68. The summed E-state index contributed by atoms with van der Waals surface area (Å²) in [4.78, 5) is 23.2. The SMILES string of the molecule is NC(=O)c1ccc(Oc2ccc(C(=O)NNc3ccc(F)c(F)c3F)cc2)cc1. The van der Waals surface area contributed by atoms with Gasteiger partial charge in [0.05, 0.1) is 5.69 Å². The monoisotopic (exact) mass is 401 g/mol. The topological polar surface area (TPSA) is 93.5 Å². The summed E-state index contributed by atoms with van der Waals surface area (Å²) in [6.45, 7) is 0. The van der Waals surface area contributed by atoms with Crippen LogP contribution in [0.25, 0.3) is 0 Å². The van der Waals surface area contributed by atoms with E-state index in [0.717, 1.165) is 12.1 Å². The van der Waals surface area contributed by atoms with Crippen molar-refractivity contribution in [2.24, 2.45) is 5.73 Å². The van der Waals surface area contributed by atoms with Crippen LogP contribution in [0, 0.1) is 17.5 Å². The maximum atomic E-state index is 13.6. The average Bonchev–Trinajstić information content (AvgIpc) is 2.72. The van der Waals surface area contributed by atoms with Gasteiger partial charge in [-0.1, -0.05) is 0 Å². The molecule has 0 unspecified atom stereocenters. The van der Waals surface area contributed by atoms with Gasteiger partial charge in [-0.25, -0.2) is 13.2 Å². The van der Waals surface area contributed by atoms with E-state index in [2.05, 4.69) is 10.9 Å². The van der Waals surface area contributed by atoms with Crippen molar-refractivity contribution >= 4 is 17.5 Å². The molecule has 0 spiro atoms. The van der Waals surface area contributed by atoms with E-state index < -0.39 is 35.0 Å².